The zero-order valence-electron chi connectivity index (χ0n) is 16.8. The summed E-state index contributed by atoms with van der Waals surface area (Å²) in [4.78, 5) is 19.2. The van der Waals surface area contributed by atoms with Gasteiger partial charge in [0.15, 0.2) is 11.5 Å². The van der Waals surface area contributed by atoms with Gasteiger partial charge in [0.1, 0.15) is 18.2 Å². The van der Waals surface area contributed by atoms with Crippen molar-refractivity contribution in [1.82, 2.24) is 15.2 Å². The molecule has 2 aromatic carbocycles. The highest BCUT2D eigenvalue weighted by atomic mass is 32.1. The standard InChI is InChI=1S/C22H25N3O3S/c1-14(2)21(15-8-9-17-18(12-15)28-11-10-27-17)24-22(26)25(3)13-20-23-16-6-4-5-7-19(16)29-20/h4-9,12,14,21H,10-11,13H2,1-3H3,(H,24,26). The van der Waals surface area contributed by atoms with Crippen LogP contribution in [0.15, 0.2) is 42.5 Å². The first-order chi connectivity index (χ1) is 14.0. The predicted octanol–water partition coefficient (Wildman–Crippen LogP) is 4.61. The third-order valence-corrected chi connectivity index (χ3v) is 5.95. The molecule has 0 radical (unpaired) electrons. The molecule has 1 aromatic heterocycles. The number of fused-ring (bicyclic) bond motifs is 2. The zero-order chi connectivity index (χ0) is 20.4. The Hall–Kier alpha value is -2.80. The number of ether oxygens (including phenoxy) is 2. The van der Waals surface area contributed by atoms with Gasteiger partial charge in [0.05, 0.1) is 22.8 Å². The number of para-hydroxylation sites is 1. The molecule has 1 atom stereocenters. The molecule has 0 fully saturated rings. The van der Waals surface area contributed by atoms with Crippen molar-refractivity contribution in [2.24, 2.45) is 5.92 Å². The Bertz CT molecular complexity index is 984. The molecule has 0 spiro atoms. The van der Waals surface area contributed by atoms with Crippen molar-refractivity contribution >= 4 is 27.6 Å². The summed E-state index contributed by atoms with van der Waals surface area (Å²) in [5.41, 5.74) is 1.98. The average molecular weight is 412 g/mol. The van der Waals surface area contributed by atoms with Gasteiger partial charge >= 0.3 is 6.03 Å². The fourth-order valence-corrected chi connectivity index (χ4v) is 4.41. The van der Waals surface area contributed by atoms with Crippen LogP contribution in [0.2, 0.25) is 0 Å². The van der Waals surface area contributed by atoms with E-state index in [-0.39, 0.29) is 18.0 Å². The van der Waals surface area contributed by atoms with Crippen molar-refractivity contribution in [3.8, 4) is 11.5 Å². The molecular formula is C22H25N3O3S. The molecule has 29 heavy (non-hydrogen) atoms. The molecule has 0 bridgehead atoms. The normalized spacial score (nSPS) is 14.1. The van der Waals surface area contributed by atoms with E-state index in [1.54, 1.807) is 23.3 Å². The van der Waals surface area contributed by atoms with Crippen molar-refractivity contribution in [1.29, 1.82) is 0 Å². The quantitative estimate of drug-likeness (QED) is 0.666. The lowest BCUT2D eigenvalue weighted by Gasteiger charge is -2.27. The van der Waals surface area contributed by atoms with Gasteiger partial charge in [-0.05, 0) is 35.7 Å². The van der Waals surface area contributed by atoms with E-state index < -0.39 is 0 Å². The molecule has 1 N–H and O–H groups in total. The Morgan fingerprint density at radius 3 is 2.69 bits per heavy atom. The first-order valence-corrected chi connectivity index (χ1v) is 10.6. The van der Waals surface area contributed by atoms with Gasteiger partial charge in [-0.25, -0.2) is 9.78 Å². The molecule has 1 aliphatic heterocycles. The van der Waals surface area contributed by atoms with Crippen molar-refractivity contribution in [2.45, 2.75) is 26.4 Å². The number of carbonyl (C=O) groups excluding carboxylic acids is 1. The number of urea groups is 1. The third-order valence-electron chi connectivity index (χ3n) is 4.93. The minimum absolute atomic E-state index is 0.127. The Kier molecular flexibility index (Phi) is 5.58. The Labute approximate surface area is 174 Å². The summed E-state index contributed by atoms with van der Waals surface area (Å²) in [5, 5.41) is 4.08. The number of carbonyl (C=O) groups is 1. The lowest BCUT2D eigenvalue weighted by molar-refractivity contribution is 0.171. The summed E-state index contributed by atoms with van der Waals surface area (Å²) in [5.74, 6) is 1.70. The number of nitrogens with one attached hydrogen (secondary N) is 1. The zero-order valence-corrected chi connectivity index (χ0v) is 17.7. The maximum atomic E-state index is 12.9. The van der Waals surface area contributed by atoms with Gasteiger partial charge in [0.2, 0.25) is 0 Å². The van der Waals surface area contributed by atoms with Crippen LogP contribution >= 0.6 is 11.3 Å². The molecular weight excluding hydrogens is 386 g/mol. The van der Waals surface area contributed by atoms with Gasteiger partial charge in [-0.3, -0.25) is 0 Å². The van der Waals surface area contributed by atoms with E-state index in [4.69, 9.17) is 9.47 Å². The number of hydrogen-bond acceptors (Lipinski definition) is 5. The van der Waals surface area contributed by atoms with Crippen LogP contribution in [-0.4, -0.2) is 36.2 Å². The average Bonchev–Trinajstić information content (AvgIpc) is 3.13. The van der Waals surface area contributed by atoms with Crippen LogP contribution in [0.4, 0.5) is 4.79 Å². The first kappa shape index (κ1) is 19.5. The van der Waals surface area contributed by atoms with E-state index in [9.17, 15) is 4.79 Å². The Balaban J connectivity index is 1.46. The maximum absolute atomic E-state index is 12.9. The van der Waals surface area contributed by atoms with Crippen LogP contribution in [0, 0.1) is 5.92 Å². The van der Waals surface area contributed by atoms with E-state index >= 15 is 0 Å². The van der Waals surface area contributed by atoms with Crippen molar-refractivity contribution in [3.05, 3.63) is 53.0 Å². The van der Waals surface area contributed by atoms with E-state index in [2.05, 4.69) is 24.1 Å². The van der Waals surface area contributed by atoms with E-state index in [0.717, 1.165) is 32.3 Å². The largest absolute Gasteiger partial charge is 0.486 e. The SMILES string of the molecule is CC(C)C(NC(=O)N(C)Cc1nc2ccccc2s1)c1ccc2c(c1)OCCO2. The van der Waals surface area contributed by atoms with Gasteiger partial charge in [-0.15, -0.1) is 11.3 Å². The number of thiazole rings is 1. The molecule has 7 heteroatoms. The predicted molar refractivity (Wildman–Crippen MR) is 115 cm³/mol. The van der Waals surface area contributed by atoms with Crippen molar-refractivity contribution in [3.63, 3.8) is 0 Å². The summed E-state index contributed by atoms with van der Waals surface area (Å²) in [6.45, 7) is 5.76. The molecule has 1 unspecified atom stereocenters. The summed E-state index contributed by atoms with van der Waals surface area (Å²) in [7, 11) is 1.79. The minimum Gasteiger partial charge on any atom is -0.486 e. The molecule has 6 nitrogen and oxygen atoms in total. The summed E-state index contributed by atoms with van der Waals surface area (Å²) in [6, 6.07) is 13.6. The monoisotopic (exact) mass is 411 g/mol. The molecule has 2 amide bonds. The third kappa shape index (κ3) is 4.29. The van der Waals surface area contributed by atoms with Gasteiger partial charge in [0, 0.05) is 7.05 Å². The van der Waals surface area contributed by atoms with E-state index in [1.807, 2.05) is 42.5 Å². The fraction of sp³-hybridized carbons (Fsp3) is 0.364. The van der Waals surface area contributed by atoms with E-state index in [1.165, 1.54) is 0 Å². The number of aromatic nitrogens is 1. The smallest absolute Gasteiger partial charge is 0.318 e. The molecule has 0 saturated carbocycles. The Morgan fingerprint density at radius 1 is 1.17 bits per heavy atom. The number of hydrogen-bond donors (Lipinski definition) is 1. The van der Waals surface area contributed by atoms with Crippen LogP contribution < -0.4 is 14.8 Å². The topological polar surface area (TPSA) is 63.7 Å². The van der Waals surface area contributed by atoms with E-state index in [0.29, 0.717) is 19.8 Å². The molecule has 1 aliphatic rings. The Morgan fingerprint density at radius 2 is 1.93 bits per heavy atom. The maximum Gasteiger partial charge on any atom is 0.318 e. The van der Waals surface area contributed by atoms with Crippen LogP contribution in [0.1, 0.15) is 30.5 Å². The highest BCUT2D eigenvalue weighted by Gasteiger charge is 2.23. The first-order valence-electron chi connectivity index (χ1n) is 9.77. The lowest BCUT2D eigenvalue weighted by Crippen LogP contribution is -2.40. The van der Waals surface area contributed by atoms with Crippen LogP contribution in [0.25, 0.3) is 10.2 Å². The molecule has 152 valence electrons. The van der Waals surface area contributed by atoms with Crippen LogP contribution in [0.5, 0.6) is 11.5 Å². The highest BCUT2D eigenvalue weighted by Crippen LogP contribution is 2.34. The van der Waals surface area contributed by atoms with Gasteiger partial charge in [0.25, 0.3) is 0 Å². The highest BCUT2D eigenvalue weighted by molar-refractivity contribution is 7.18. The fourth-order valence-electron chi connectivity index (χ4n) is 3.39. The molecule has 2 heterocycles. The van der Waals surface area contributed by atoms with Gasteiger partial charge < -0.3 is 19.7 Å². The second kappa shape index (κ2) is 8.29. The second-order valence-corrected chi connectivity index (χ2v) is 8.62. The van der Waals surface area contributed by atoms with Crippen molar-refractivity contribution in [2.75, 3.05) is 20.3 Å². The number of rotatable bonds is 5. The number of benzene rings is 2. The number of amides is 2. The molecule has 0 aliphatic carbocycles. The van der Waals surface area contributed by atoms with Crippen LogP contribution in [-0.2, 0) is 6.54 Å². The molecule has 3 aromatic rings. The molecule has 4 rings (SSSR count). The van der Waals surface area contributed by atoms with Gasteiger partial charge in [-0.1, -0.05) is 32.0 Å². The minimum atomic E-state index is -0.129. The van der Waals surface area contributed by atoms with Crippen molar-refractivity contribution < 1.29 is 14.3 Å². The lowest BCUT2D eigenvalue weighted by atomic mass is 9.95. The number of nitrogens with zero attached hydrogens (tertiary/aromatic N) is 2. The summed E-state index contributed by atoms with van der Waals surface area (Å²) >= 11 is 1.62. The van der Waals surface area contributed by atoms with Gasteiger partial charge in [-0.2, -0.15) is 0 Å². The van der Waals surface area contributed by atoms with Crippen LogP contribution in [0.3, 0.4) is 0 Å². The summed E-state index contributed by atoms with van der Waals surface area (Å²) < 4.78 is 12.4. The second-order valence-electron chi connectivity index (χ2n) is 7.51. The summed E-state index contributed by atoms with van der Waals surface area (Å²) in [6.07, 6.45) is 0. The molecule has 0 saturated heterocycles.